The zero-order chi connectivity index (χ0) is 14.6. The van der Waals surface area contributed by atoms with Gasteiger partial charge in [-0.2, -0.15) is 0 Å². The third kappa shape index (κ3) is 4.74. The van der Waals surface area contributed by atoms with Crippen LogP contribution in [0.1, 0.15) is 19.4 Å². The van der Waals surface area contributed by atoms with Crippen molar-refractivity contribution in [2.75, 3.05) is 35.8 Å². The van der Waals surface area contributed by atoms with Crippen molar-refractivity contribution in [3.63, 3.8) is 0 Å². The molecule has 1 aromatic rings. The van der Waals surface area contributed by atoms with Gasteiger partial charge < -0.3 is 10.2 Å². The first-order valence-corrected chi connectivity index (χ1v) is 8.32. The standard InChI is InChI=1S/C14H24N2O2S/c1-6-19(17,18)10-12(3)15-13-8-7-11(2)14(9-13)16(4)5/h7-9,12,15H,6,10H2,1-5H3. The van der Waals surface area contributed by atoms with E-state index in [9.17, 15) is 8.42 Å². The third-order valence-corrected chi connectivity index (χ3v) is 4.94. The summed E-state index contributed by atoms with van der Waals surface area (Å²) >= 11 is 0. The molecule has 0 aliphatic heterocycles. The van der Waals surface area contributed by atoms with Crippen molar-refractivity contribution in [2.45, 2.75) is 26.8 Å². The lowest BCUT2D eigenvalue weighted by molar-refractivity contribution is 0.593. The third-order valence-electron chi connectivity index (χ3n) is 3.05. The van der Waals surface area contributed by atoms with Crippen molar-refractivity contribution in [3.05, 3.63) is 23.8 Å². The van der Waals surface area contributed by atoms with Gasteiger partial charge in [0.25, 0.3) is 0 Å². The summed E-state index contributed by atoms with van der Waals surface area (Å²) in [5.74, 6) is 0.352. The minimum absolute atomic E-state index is 0.0948. The molecule has 0 saturated carbocycles. The molecule has 0 aromatic heterocycles. The Morgan fingerprint density at radius 3 is 2.47 bits per heavy atom. The van der Waals surface area contributed by atoms with Crippen LogP contribution in [0.5, 0.6) is 0 Å². The highest BCUT2D eigenvalue weighted by molar-refractivity contribution is 7.91. The Hall–Kier alpha value is -1.23. The van der Waals surface area contributed by atoms with Crippen LogP contribution in [0.15, 0.2) is 18.2 Å². The maximum Gasteiger partial charge on any atom is 0.152 e. The predicted molar refractivity (Wildman–Crippen MR) is 82.9 cm³/mol. The fraction of sp³-hybridized carbons (Fsp3) is 0.571. The maximum atomic E-state index is 11.6. The molecule has 0 fully saturated rings. The van der Waals surface area contributed by atoms with Gasteiger partial charge in [0.2, 0.25) is 0 Å². The highest BCUT2D eigenvalue weighted by Crippen LogP contribution is 2.23. The monoisotopic (exact) mass is 284 g/mol. The Labute approximate surface area is 116 Å². The van der Waals surface area contributed by atoms with Crippen LogP contribution < -0.4 is 10.2 Å². The molecule has 0 aliphatic carbocycles. The highest BCUT2D eigenvalue weighted by atomic mass is 32.2. The SMILES string of the molecule is CCS(=O)(=O)CC(C)Nc1ccc(C)c(N(C)C)c1. The van der Waals surface area contributed by atoms with E-state index in [2.05, 4.69) is 12.2 Å². The number of rotatable bonds is 6. The molecule has 1 N–H and O–H groups in total. The van der Waals surface area contributed by atoms with E-state index in [0.717, 1.165) is 11.4 Å². The molecule has 0 aliphatic rings. The molecule has 5 heteroatoms. The van der Waals surface area contributed by atoms with Gasteiger partial charge in [0.15, 0.2) is 9.84 Å². The van der Waals surface area contributed by atoms with Crippen LogP contribution in [0.25, 0.3) is 0 Å². The number of nitrogens with one attached hydrogen (secondary N) is 1. The van der Waals surface area contributed by atoms with Crippen LogP contribution in [0, 0.1) is 6.92 Å². The number of anilines is 2. The number of hydrogen-bond donors (Lipinski definition) is 1. The van der Waals surface area contributed by atoms with Crippen molar-refractivity contribution < 1.29 is 8.42 Å². The summed E-state index contributed by atoms with van der Waals surface area (Å²) in [5.41, 5.74) is 3.29. The molecule has 0 spiro atoms. The second-order valence-electron chi connectivity index (χ2n) is 5.14. The molecule has 4 nitrogen and oxygen atoms in total. The summed E-state index contributed by atoms with van der Waals surface area (Å²) in [6, 6.07) is 5.98. The van der Waals surface area contributed by atoms with Crippen LogP contribution in [-0.2, 0) is 9.84 Å². The summed E-state index contributed by atoms with van der Waals surface area (Å²) < 4.78 is 23.2. The second-order valence-corrected chi connectivity index (χ2v) is 7.54. The molecule has 0 bridgehead atoms. The first kappa shape index (κ1) is 15.8. The molecule has 0 heterocycles. The fourth-order valence-electron chi connectivity index (χ4n) is 2.01. The number of nitrogens with zero attached hydrogens (tertiary/aromatic N) is 1. The van der Waals surface area contributed by atoms with Gasteiger partial charge in [0.1, 0.15) is 0 Å². The summed E-state index contributed by atoms with van der Waals surface area (Å²) in [5, 5.41) is 3.25. The molecule has 19 heavy (non-hydrogen) atoms. The zero-order valence-electron chi connectivity index (χ0n) is 12.4. The molecule has 1 aromatic carbocycles. The molecule has 1 unspecified atom stereocenters. The Morgan fingerprint density at radius 1 is 1.32 bits per heavy atom. The lowest BCUT2D eigenvalue weighted by Crippen LogP contribution is -2.26. The molecular formula is C14H24N2O2S. The lowest BCUT2D eigenvalue weighted by atomic mass is 10.1. The molecular weight excluding hydrogens is 260 g/mol. The van der Waals surface area contributed by atoms with Crippen LogP contribution >= 0.6 is 0 Å². The van der Waals surface area contributed by atoms with Gasteiger partial charge in [-0.25, -0.2) is 8.42 Å². The summed E-state index contributed by atoms with van der Waals surface area (Å²) in [4.78, 5) is 2.05. The van der Waals surface area contributed by atoms with Crippen LogP contribution in [0.4, 0.5) is 11.4 Å². The number of aryl methyl sites for hydroxylation is 1. The van der Waals surface area contributed by atoms with Gasteiger partial charge in [-0.1, -0.05) is 13.0 Å². The van der Waals surface area contributed by atoms with Crippen molar-refractivity contribution in [1.82, 2.24) is 0 Å². The molecule has 0 saturated heterocycles. The van der Waals surface area contributed by atoms with Gasteiger partial charge in [-0.3, -0.25) is 0 Å². The number of sulfone groups is 1. The Morgan fingerprint density at radius 2 is 1.95 bits per heavy atom. The van der Waals surface area contributed by atoms with Crippen molar-refractivity contribution >= 4 is 21.2 Å². The van der Waals surface area contributed by atoms with E-state index in [0.29, 0.717) is 0 Å². The Bertz CT molecular complexity index is 524. The maximum absolute atomic E-state index is 11.6. The van der Waals surface area contributed by atoms with E-state index >= 15 is 0 Å². The summed E-state index contributed by atoms with van der Waals surface area (Å²) in [7, 11) is 1.05. The zero-order valence-corrected chi connectivity index (χ0v) is 13.2. The van der Waals surface area contributed by atoms with Crippen LogP contribution in [-0.4, -0.2) is 40.1 Å². The van der Waals surface area contributed by atoms with E-state index < -0.39 is 9.84 Å². The molecule has 1 rings (SSSR count). The quantitative estimate of drug-likeness (QED) is 0.871. The first-order valence-electron chi connectivity index (χ1n) is 6.50. The van der Waals surface area contributed by atoms with E-state index in [4.69, 9.17) is 0 Å². The van der Waals surface area contributed by atoms with E-state index in [1.165, 1.54) is 5.56 Å². The average Bonchev–Trinajstić information content (AvgIpc) is 2.30. The van der Waals surface area contributed by atoms with Crippen LogP contribution in [0.3, 0.4) is 0 Å². The largest absolute Gasteiger partial charge is 0.382 e. The smallest absolute Gasteiger partial charge is 0.152 e. The van der Waals surface area contributed by atoms with E-state index in [-0.39, 0.29) is 17.5 Å². The minimum atomic E-state index is -2.95. The van der Waals surface area contributed by atoms with Gasteiger partial charge >= 0.3 is 0 Å². The van der Waals surface area contributed by atoms with Crippen molar-refractivity contribution in [3.8, 4) is 0 Å². The minimum Gasteiger partial charge on any atom is -0.382 e. The summed E-state index contributed by atoms with van der Waals surface area (Å²) in [6.45, 7) is 5.63. The molecule has 0 amide bonds. The molecule has 108 valence electrons. The lowest BCUT2D eigenvalue weighted by Gasteiger charge is -2.20. The van der Waals surface area contributed by atoms with E-state index in [1.54, 1.807) is 6.92 Å². The van der Waals surface area contributed by atoms with Crippen LogP contribution in [0.2, 0.25) is 0 Å². The van der Waals surface area contributed by atoms with Gasteiger partial charge in [0.05, 0.1) is 5.75 Å². The Kier molecular flexibility index (Phi) is 5.23. The van der Waals surface area contributed by atoms with Gasteiger partial charge in [0, 0.05) is 37.3 Å². The van der Waals surface area contributed by atoms with Gasteiger partial charge in [-0.05, 0) is 31.5 Å². The average molecular weight is 284 g/mol. The van der Waals surface area contributed by atoms with Crippen molar-refractivity contribution in [2.24, 2.45) is 0 Å². The first-order chi connectivity index (χ1) is 8.75. The Balaban J connectivity index is 2.80. The number of benzene rings is 1. The van der Waals surface area contributed by atoms with Crippen molar-refractivity contribution in [1.29, 1.82) is 0 Å². The topological polar surface area (TPSA) is 49.4 Å². The summed E-state index contributed by atoms with van der Waals surface area (Å²) in [6.07, 6.45) is 0. The normalized spacial score (nSPS) is 13.1. The molecule has 0 radical (unpaired) electrons. The highest BCUT2D eigenvalue weighted by Gasteiger charge is 2.14. The second kappa shape index (κ2) is 6.28. The van der Waals surface area contributed by atoms with E-state index in [1.807, 2.05) is 44.1 Å². The fourth-order valence-corrected chi connectivity index (χ4v) is 3.09. The van der Waals surface area contributed by atoms with Gasteiger partial charge in [-0.15, -0.1) is 0 Å². The number of hydrogen-bond acceptors (Lipinski definition) is 4. The molecule has 1 atom stereocenters. The predicted octanol–water partition coefficient (Wildman–Crippen LogP) is 2.30.